The second kappa shape index (κ2) is 11.0. The van der Waals surface area contributed by atoms with Crippen LogP contribution in [0.5, 0.6) is 0 Å². The molecule has 0 saturated heterocycles. The summed E-state index contributed by atoms with van der Waals surface area (Å²) >= 11 is 0. The number of aromatic nitrogens is 2. The lowest BCUT2D eigenvalue weighted by Gasteiger charge is -2.27. The summed E-state index contributed by atoms with van der Waals surface area (Å²) in [6, 6.07) is 60.0. The predicted octanol–water partition coefficient (Wildman–Crippen LogP) is 11.2. The maximum Gasteiger partial charge on any atom is 0.138 e. The summed E-state index contributed by atoms with van der Waals surface area (Å²) in [5.41, 5.74) is 11.3. The average molecular weight is 564 g/mol. The third kappa shape index (κ3) is 4.81. The van der Waals surface area contributed by atoms with Crippen LogP contribution in [0.4, 0.5) is 17.1 Å². The summed E-state index contributed by atoms with van der Waals surface area (Å²) in [6.07, 6.45) is 0. The molecule has 208 valence electrons. The minimum Gasteiger partial charge on any atom is -0.338 e. The number of anilines is 3. The minimum absolute atomic E-state index is 0.892. The molecule has 8 rings (SSSR count). The monoisotopic (exact) mass is 563 g/mol. The standard InChI is InChI=1S/C41H29N3/c1-2-11-35(12-3-1)44(40-16-8-10-33-9-4-5-13-37(33)40)36-27-25-32(26-28-36)30-19-17-29(18-20-30)31-21-23-34(24-22-31)41-42-38-14-6-7-15-39(38)43-41/h1-28H,(H,42,43). The Balaban J connectivity index is 1.07. The highest BCUT2D eigenvalue weighted by molar-refractivity contribution is 5.99. The molecule has 0 saturated carbocycles. The summed E-state index contributed by atoms with van der Waals surface area (Å²) in [4.78, 5) is 10.5. The summed E-state index contributed by atoms with van der Waals surface area (Å²) in [7, 11) is 0. The van der Waals surface area contributed by atoms with Crippen LogP contribution in [0.25, 0.3) is 55.4 Å². The van der Waals surface area contributed by atoms with Gasteiger partial charge >= 0.3 is 0 Å². The molecule has 1 N–H and O–H groups in total. The van der Waals surface area contributed by atoms with Crippen LogP contribution < -0.4 is 4.90 Å². The normalized spacial score (nSPS) is 11.2. The zero-order valence-electron chi connectivity index (χ0n) is 24.1. The first-order valence-corrected chi connectivity index (χ1v) is 14.9. The number of H-pyrrole nitrogens is 1. The Morgan fingerprint density at radius 1 is 0.409 bits per heavy atom. The number of benzene rings is 7. The number of hydrogen-bond donors (Lipinski definition) is 1. The van der Waals surface area contributed by atoms with E-state index in [1.54, 1.807) is 0 Å². The van der Waals surface area contributed by atoms with Gasteiger partial charge in [-0.25, -0.2) is 4.98 Å². The van der Waals surface area contributed by atoms with Crippen LogP contribution in [0.3, 0.4) is 0 Å². The molecule has 0 aliphatic carbocycles. The molecule has 8 aromatic rings. The van der Waals surface area contributed by atoms with Crippen molar-refractivity contribution in [3.63, 3.8) is 0 Å². The molecule has 0 aliphatic heterocycles. The number of para-hydroxylation sites is 3. The zero-order valence-corrected chi connectivity index (χ0v) is 24.1. The minimum atomic E-state index is 0.892. The van der Waals surface area contributed by atoms with Crippen molar-refractivity contribution in [3.8, 4) is 33.6 Å². The number of fused-ring (bicyclic) bond motifs is 2. The molecule has 44 heavy (non-hydrogen) atoms. The van der Waals surface area contributed by atoms with E-state index in [0.29, 0.717) is 0 Å². The molecular formula is C41H29N3. The highest BCUT2D eigenvalue weighted by atomic mass is 15.1. The highest BCUT2D eigenvalue weighted by Crippen LogP contribution is 2.39. The van der Waals surface area contributed by atoms with Crippen LogP contribution in [0, 0.1) is 0 Å². The van der Waals surface area contributed by atoms with Crippen molar-refractivity contribution in [2.24, 2.45) is 0 Å². The Kier molecular flexibility index (Phi) is 6.47. The first kappa shape index (κ1) is 25.8. The van der Waals surface area contributed by atoms with Crippen LogP contribution in [0.15, 0.2) is 170 Å². The number of hydrogen-bond acceptors (Lipinski definition) is 2. The van der Waals surface area contributed by atoms with E-state index in [9.17, 15) is 0 Å². The molecule has 7 aromatic carbocycles. The van der Waals surface area contributed by atoms with Crippen molar-refractivity contribution < 1.29 is 0 Å². The van der Waals surface area contributed by atoms with Crippen LogP contribution >= 0.6 is 0 Å². The number of rotatable bonds is 6. The second-order valence-corrected chi connectivity index (χ2v) is 11.0. The van der Waals surface area contributed by atoms with Gasteiger partial charge in [-0.1, -0.05) is 127 Å². The second-order valence-electron chi connectivity index (χ2n) is 11.0. The van der Waals surface area contributed by atoms with Crippen LogP contribution in [-0.4, -0.2) is 9.97 Å². The lowest BCUT2D eigenvalue weighted by atomic mass is 9.99. The summed E-state index contributed by atoms with van der Waals surface area (Å²) in [6.45, 7) is 0. The lowest BCUT2D eigenvalue weighted by Crippen LogP contribution is -2.10. The number of nitrogens with one attached hydrogen (secondary N) is 1. The molecule has 0 amide bonds. The van der Waals surface area contributed by atoms with E-state index in [1.165, 1.54) is 33.0 Å². The summed E-state index contributed by atoms with van der Waals surface area (Å²) < 4.78 is 0. The van der Waals surface area contributed by atoms with E-state index in [0.717, 1.165) is 39.5 Å². The first-order valence-electron chi connectivity index (χ1n) is 14.9. The summed E-state index contributed by atoms with van der Waals surface area (Å²) in [5, 5.41) is 2.45. The van der Waals surface area contributed by atoms with Gasteiger partial charge in [-0.2, -0.15) is 0 Å². The quantitative estimate of drug-likeness (QED) is 0.218. The van der Waals surface area contributed by atoms with Crippen LogP contribution in [0.1, 0.15) is 0 Å². The number of aromatic amines is 1. The molecule has 0 radical (unpaired) electrons. The maximum absolute atomic E-state index is 4.74. The third-order valence-corrected chi connectivity index (χ3v) is 8.25. The Labute approximate surface area is 256 Å². The topological polar surface area (TPSA) is 31.9 Å². The van der Waals surface area contributed by atoms with Crippen LogP contribution in [0.2, 0.25) is 0 Å². The maximum atomic E-state index is 4.74. The molecule has 0 atom stereocenters. The molecule has 0 spiro atoms. The van der Waals surface area contributed by atoms with Crippen molar-refractivity contribution in [2.45, 2.75) is 0 Å². The van der Waals surface area contributed by atoms with Gasteiger partial charge in [-0.05, 0) is 70.1 Å². The van der Waals surface area contributed by atoms with Crippen molar-refractivity contribution in [1.29, 1.82) is 0 Å². The predicted molar refractivity (Wildman–Crippen MR) is 185 cm³/mol. The average Bonchev–Trinajstić information content (AvgIpc) is 3.54. The fraction of sp³-hybridized carbons (Fsp3) is 0. The number of imidazole rings is 1. The Bertz CT molecular complexity index is 2160. The molecule has 3 heteroatoms. The Hall–Kier alpha value is -5.93. The molecule has 0 aliphatic rings. The highest BCUT2D eigenvalue weighted by Gasteiger charge is 2.15. The van der Waals surface area contributed by atoms with Crippen molar-refractivity contribution in [1.82, 2.24) is 9.97 Å². The van der Waals surface area contributed by atoms with Gasteiger partial charge in [0.15, 0.2) is 0 Å². The van der Waals surface area contributed by atoms with E-state index in [2.05, 4.69) is 162 Å². The van der Waals surface area contributed by atoms with E-state index in [4.69, 9.17) is 4.98 Å². The van der Waals surface area contributed by atoms with Gasteiger partial charge in [0.2, 0.25) is 0 Å². The van der Waals surface area contributed by atoms with Gasteiger partial charge in [-0.15, -0.1) is 0 Å². The van der Waals surface area contributed by atoms with Crippen molar-refractivity contribution >= 4 is 38.9 Å². The van der Waals surface area contributed by atoms with Gasteiger partial charge in [0, 0.05) is 22.3 Å². The van der Waals surface area contributed by atoms with Crippen molar-refractivity contribution in [3.05, 3.63) is 170 Å². The molecule has 1 heterocycles. The first-order chi connectivity index (χ1) is 21.8. The zero-order chi connectivity index (χ0) is 29.3. The van der Waals surface area contributed by atoms with Gasteiger partial charge in [0.05, 0.1) is 16.7 Å². The lowest BCUT2D eigenvalue weighted by molar-refractivity contribution is 1.30. The molecule has 3 nitrogen and oxygen atoms in total. The Morgan fingerprint density at radius 3 is 1.61 bits per heavy atom. The SMILES string of the molecule is c1ccc(N(c2ccc(-c3ccc(-c4ccc(-c5nc6ccccc6[nH]5)cc4)cc3)cc2)c2cccc3ccccc23)cc1. The Morgan fingerprint density at radius 2 is 0.932 bits per heavy atom. The van der Waals surface area contributed by atoms with Crippen molar-refractivity contribution in [2.75, 3.05) is 4.90 Å². The van der Waals surface area contributed by atoms with E-state index in [-0.39, 0.29) is 0 Å². The molecular weight excluding hydrogens is 534 g/mol. The summed E-state index contributed by atoms with van der Waals surface area (Å²) in [5.74, 6) is 0.892. The van der Waals surface area contributed by atoms with Gasteiger partial charge in [-0.3, -0.25) is 0 Å². The van der Waals surface area contributed by atoms with Gasteiger partial charge in [0.25, 0.3) is 0 Å². The fourth-order valence-electron chi connectivity index (χ4n) is 5.98. The third-order valence-electron chi connectivity index (χ3n) is 8.25. The van der Waals surface area contributed by atoms with Gasteiger partial charge in [0.1, 0.15) is 5.82 Å². The van der Waals surface area contributed by atoms with Gasteiger partial charge < -0.3 is 9.88 Å². The number of nitrogens with zero attached hydrogens (tertiary/aromatic N) is 2. The molecule has 0 unspecified atom stereocenters. The van der Waals surface area contributed by atoms with Crippen LogP contribution in [-0.2, 0) is 0 Å². The largest absolute Gasteiger partial charge is 0.338 e. The smallest absolute Gasteiger partial charge is 0.138 e. The molecule has 0 bridgehead atoms. The molecule has 1 aromatic heterocycles. The van der Waals surface area contributed by atoms with E-state index >= 15 is 0 Å². The molecule has 0 fully saturated rings. The fourth-order valence-corrected chi connectivity index (χ4v) is 5.98. The van der Waals surface area contributed by atoms with E-state index in [1.807, 2.05) is 18.2 Å². The van der Waals surface area contributed by atoms with E-state index < -0.39 is 0 Å².